The Morgan fingerprint density at radius 1 is 1.36 bits per heavy atom. The number of nitrogens with two attached hydrogens (primary N) is 1. The van der Waals surface area contributed by atoms with Crippen LogP contribution in [0.25, 0.3) is 6.08 Å². The fourth-order valence-corrected chi connectivity index (χ4v) is 2.76. The van der Waals surface area contributed by atoms with Crippen LogP contribution in [0, 0.1) is 5.82 Å². The quantitative estimate of drug-likeness (QED) is 0.635. The summed E-state index contributed by atoms with van der Waals surface area (Å²) in [6.45, 7) is -0.0644. The third-order valence-corrected chi connectivity index (χ3v) is 4.13. The van der Waals surface area contributed by atoms with Crippen molar-refractivity contribution in [1.82, 2.24) is 4.90 Å². The number of carbonyl (C=O) groups excluding carboxylic acids is 3. The average Bonchev–Trinajstić information content (AvgIpc) is 2.60. The lowest BCUT2D eigenvalue weighted by Crippen LogP contribution is -2.51. The lowest BCUT2D eigenvalue weighted by molar-refractivity contribution is -0.151. The number of hydrogen-bond donors (Lipinski definition) is 1. The highest BCUT2D eigenvalue weighted by atomic mass is 35.5. The second-order valence-electron chi connectivity index (χ2n) is 5.62. The van der Waals surface area contributed by atoms with E-state index in [9.17, 15) is 18.8 Å². The van der Waals surface area contributed by atoms with Gasteiger partial charge in [-0.25, -0.2) is 9.18 Å². The Labute approximate surface area is 149 Å². The number of piperidine rings is 1. The third-order valence-electron chi connectivity index (χ3n) is 3.84. The van der Waals surface area contributed by atoms with E-state index in [1.165, 1.54) is 29.2 Å². The van der Waals surface area contributed by atoms with Gasteiger partial charge in [-0.05, 0) is 43.0 Å². The summed E-state index contributed by atoms with van der Waals surface area (Å²) in [6.07, 6.45) is 4.61. The van der Waals surface area contributed by atoms with Gasteiger partial charge in [-0.15, -0.1) is 0 Å². The van der Waals surface area contributed by atoms with E-state index in [-0.39, 0.29) is 5.02 Å². The SMILES string of the molecule is NC(=O)[C@H]1CCCCN1C(=O)COC(=O)/C=C/c1ccc(F)c(Cl)c1. The zero-order valence-corrected chi connectivity index (χ0v) is 14.2. The summed E-state index contributed by atoms with van der Waals surface area (Å²) in [6, 6.07) is 3.33. The molecule has 1 fully saturated rings. The first kappa shape index (κ1) is 18.9. The van der Waals surface area contributed by atoms with Gasteiger partial charge in [-0.1, -0.05) is 17.7 Å². The van der Waals surface area contributed by atoms with E-state index in [1.54, 1.807) is 0 Å². The molecule has 2 rings (SSSR count). The van der Waals surface area contributed by atoms with Crippen molar-refractivity contribution < 1.29 is 23.5 Å². The van der Waals surface area contributed by atoms with E-state index in [0.29, 0.717) is 18.5 Å². The van der Waals surface area contributed by atoms with Crippen LogP contribution < -0.4 is 5.73 Å². The minimum absolute atomic E-state index is 0.0618. The minimum Gasteiger partial charge on any atom is -0.452 e. The summed E-state index contributed by atoms with van der Waals surface area (Å²) >= 11 is 5.64. The number of amides is 2. The normalized spacial score (nSPS) is 17.5. The molecule has 0 bridgehead atoms. The number of primary amides is 1. The average molecular weight is 369 g/mol. The molecule has 1 atom stereocenters. The van der Waals surface area contributed by atoms with Crippen LogP contribution in [-0.4, -0.2) is 41.9 Å². The van der Waals surface area contributed by atoms with Crippen molar-refractivity contribution in [2.24, 2.45) is 5.73 Å². The number of hydrogen-bond acceptors (Lipinski definition) is 4. The fourth-order valence-electron chi connectivity index (χ4n) is 2.57. The smallest absolute Gasteiger partial charge is 0.331 e. The zero-order valence-electron chi connectivity index (χ0n) is 13.4. The Balaban J connectivity index is 1.88. The number of halogens is 2. The molecule has 0 radical (unpaired) electrons. The van der Waals surface area contributed by atoms with Gasteiger partial charge in [0.05, 0.1) is 5.02 Å². The van der Waals surface area contributed by atoms with Crippen LogP contribution in [0.15, 0.2) is 24.3 Å². The molecule has 6 nitrogen and oxygen atoms in total. The second kappa shape index (κ2) is 8.62. The van der Waals surface area contributed by atoms with Crippen molar-refractivity contribution in [2.75, 3.05) is 13.2 Å². The van der Waals surface area contributed by atoms with Crippen LogP contribution in [0.4, 0.5) is 4.39 Å². The number of carbonyl (C=O) groups is 3. The van der Waals surface area contributed by atoms with Gasteiger partial charge in [0.15, 0.2) is 6.61 Å². The Kier molecular flexibility index (Phi) is 6.52. The molecular formula is C17H18ClFN2O4. The van der Waals surface area contributed by atoms with Crippen LogP contribution in [-0.2, 0) is 19.1 Å². The summed E-state index contributed by atoms with van der Waals surface area (Å²) in [5, 5.41) is -0.0618. The molecule has 1 aliphatic rings. The monoisotopic (exact) mass is 368 g/mol. The van der Waals surface area contributed by atoms with E-state index in [2.05, 4.69) is 0 Å². The molecule has 25 heavy (non-hydrogen) atoms. The molecule has 0 aliphatic carbocycles. The van der Waals surface area contributed by atoms with Gasteiger partial charge in [-0.3, -0.25) is 9.59 Å². The Bertz CT molecular complexity index is 708. The lowest BCUT2D eigenvalue weighted by atomic mass is 10.0. The molecule has 8 heteroatoms. The molecule has 1 heterocycles. The number of likely N-dealkylation sites (tertiary alicyclic amines) is 1. The first-order valence-electron chi connectivity index (χ1n) is 7.77. The van der Waals surface area contributed by atoms with Gasteiger partial charge in [0.2, 0.25) is 5.91 Å². The molecule has 1 aliphatic heterocycles. The van der Waals surface area contributed by atoms with Gasteiger partial charge in [0.25, 0.3) is 5.91 Å². The number of ether oxygens (including phenoxy) is 1. The van der Waals surface area contributed by atoms with Crippen LogP contribution >= 0.6 is 11.6 Å². The standard InChI is InChI=1S/C17H18ClFN2O4/c18-12-9-11(4-6-13(12)19)5-7-16(23)25-10-15(22)21-8-2-1-3-14(21)17(20)24/h4-7,9,14H,1-3,8,10H2,(H2,20,24)/b7-5+/t14-/m1/s1. The van der Waals surface area contributed by atoms with E-state index >= 15 is 0 Å². The summed E-state index contributed by atoms with van der Waals surface area (Å²) < 4.78 is 17.9. The maximum Gasteiger partial charge on any atom is 0.331 e. The van der Waals surface area contributed by atoms with E-state index in [4.69, 9.17) is 22.1 Å². The maximum absolute atomic E-state index is 13.0. The number of nitrogens with zero attached hydrogens (tertiary/aromatic N) is 1. The molecule has 1 aromatic carbocycles. The highest BCUT2D eigenvalue weighted by molar-refractivity contribution is 6.30. The van der Waals surface area contributed by atoms with Crippen LogP contribution in [0.3, 0.4) is 0 Å². The predicted octanol–water partition coefficient (Wildman–Crippen LogP) is 1.90. The molecule has 2 amide bonds. The molecule has 0 aromatic heterocycles. The molecular weight excluding hydrogens is 351 g/mol. The molecule has 0 saturated carbocycles. The van der Waals surface area contributed by atoms with Gasteiger partial charge < -0.3 is 15.4 Å². The minimum atomic E-state index is -0.735. The highest BCUT2D eigenvalue weighted by Gasteiger charge is 2.30. The van der Waals surface area contributed by atoms with Crippen molar-refractivity contribution >= 4 is 35.5 Å². The number of esters is 1. The molecule has 0 unspecified atom stereocenters. The first-order chi connectivity index (χ1) is 11.9. The molecule has 1 aromatic rings. The van der Waals surface area contributed by atoms with Gasteiger partial charge in [0.1, 0.15) is 11.9 Å². The summed E-state index contributed by atoms with van der Waals surface area (Å²) in [7, 11) is 0. The van der Waals surface area contributed by atoms with Crippen molar-refractivity contribution in [3.63, 3.8) is 0 Å². The first-order valence-corrected chi connectivity index (χ1v) is 8.15. The van der Waals surface area contributed by atoms with Crippen molar-refractivity contribution in [3.05, 3.63) is 40.7 Å². The Morgan fingerprint density at radius 3 is 2.80 bits per heavy atom. The summed E-state index contributed by atoms with van der Waals surface area (Å²) in [5.74, 6) is -2.32. The van der Waals surface area contributed by atoms with Crippen LogP contribution in [0.5, 0.6) is 0 Å². The Hall–Kier alpha value is -2.41. The van der Waals surface area contributed by atoms with Gasteiger partial charge >= 0.3 is 5.97 Å². The Morgan fingerprint density at radius 2 is 2.12 bits per heavy atom. The van der Waals surface area contributed by atoms with Crippen molar-refractivity contribution in [1.29, 1.82) is 0 Å². The van der Waals surface area contributed by atoms with E-state index in [0.717, 1.165) is 18.9 Å². The zero-order chi connectivity index (χ0) is 18.4. The maximum atomic E-state index is 13.0. The highest BCUT2D eigenvalue weighted by Crippen LogP contribution is 2.18. The van der Waals surface area contributed by atoms with Crippen LogP contribution in [0.1, 0.15) is 24.8 Å². The number of benzene rings is 1. The molecule has 1 saturated heterocycles. The molecule has 0 spiro atoms. The van der Waals surface area contributed by atoms with E-state index in [1.807, 2.05) is 0 Å². The summed E-state index contributed by atoms with van der Waals surface area (Å²) in [5.41, 5.74) is 5.81. The predicted molar refractivity (Wildman–Crippen MR) is 89.9 cm³/mol. The second-order valence-corrected chi connectivity index (χ2v) is 6.02. The number of rotatable bonds is 5. The molecule has 134 valence electrons. The largest absolute Gasteiger partial charge is 0.452 e. The molecule has 2 N–H and O–H groups in total. The van der Waals surface area contributed by atoms with Gasteiger partial charge in [-0.2, -0.15) is 0 Å². The van der Waals surface area contributed by atoms with Crippen molar-refractivity contribution in [3.8, 4) is 0 Å². The third kappa shape index (κ3) is 5.29. The van der Waals surface area contributed by atoms with E-state index < -0.39 is 36.2 Å². The van der Waals surface area contributed by atoms with Crippen molar-refractivity contribution in [2.45, 2.75) is 25.3 Å². The lowest BCUT2D eigenvalue weighted by Gasteiger charge is -2.33. The van der Waals surface area contributed by atoms with Gasteiger partial charge in [0, 0.05) is 12.6 Å². The topological polar surface area (TPSA) is 89.7 Å². The summed E-state index contributed by atoms with van der Waals surface area (Å²) in [4.78, 5) is 36.6. The fraction of sp³-hybridized carbons (Fsp3) is 0.353. The van der Waals surface area contributed by atoms with Crippen LogP contribution in [0.2, 0.25) is 5.02 Å².